The molecule has 0 aliphatic rings. The van der Waals surface area contributed by atoms with Gasteiger partial charge in [-0.15, -0.1) is 0 Å². The van der Waals surface area contributed by atoms with Crippen LogP contribution >= 0.6 is 0 Å². The Labute approximate surface area is 297 Å². The Morgan fingerprint density at radius 1 is 0.490 bits per heavy atom. The molecule has 51 heavy (non-hydrogen) atoms. The second-order valence-corrected chi connectivity index (χ2v) is 12.4. The van der Waals surface area contributed by atoms with Gasteiger partial charge in [0.25, 0.3) is 11.8 Å². The molecule has 0 saturated heterocycles. The molecule has 0 unspecified atom stereocenters. The number of carbonyl (C=O) groups excluding carboxylic acids is 2. The number of phenolic OH excluding ortho intramolecular Hbond substituents is 2. The molecule has 6 heteroatoms. The number of anilines is 2. The molecular weight excluding hydrogens is 633 g/mol. The fourth-order valence-electron chi connectivity index (χ4n) is 5.39. The van der Waals surface area contributed by atoms with Crippen molar-refractivity contribution in [1.29, 1.82) is 0 Å². The topological polar surface area (TPSA) is 98.7 Å². The molecule has 0 spiro atoms. The Balaban J connectivity index is 1.09. The molecule has 0 fully saturated rings. The first kappa shape index (κ1) is 33.9. The summed E-state index contributed by atoms with van der Waals surface area (Å²) in [6.07, 6.45) is 0. The van der Waals surface area contributed by atoms with Crippen LogP contribution in [0.15, 0.2) is 146 Å². The molecule has 0 aliphatic heterocycles. The lowest BCUT2D eigenvalue weighted by Gasteiger charge is -2.26. The van der Waals surface area contributed by atoms with Gasteiger partial charge in [-0.25, -0.2) is 0 Å². The van der Waals surface area contributed by atoms with Gasteiger partial charge in [0.2, 0.25) is 0 Å². The van der Waals surface area contributed by atoms with Crippen LogP contribution in [0.25, 0.3) is 0 Å². The summed E-state index contributed by atoms with van der Waals surface area (Å²) in [7, 11) is 0. The van der Waals surface area contributed by atoms with Crippen LogP contribution < -0.4 is 10.6 Å². The van der Waals surface area contributed by atoms with Crippen molar-refractivity contribution in [3.63, 3.8) is 0 Å². The molecule has 6 nitrogen and oxygen atoms in total. The van der Waals surface area contributed by atoms with E-state index in [1.165, 1.54) is 12.1 Å². The first-order chi connectivity index (χ1) is 24.7. The van der Waals surface area contributed by atoms with E-state index in [1.54, 1.807) is 24.3 Å². The van der Waals surface area contributed by atoms with E-state index in [9.17, 15) is 19.8 Å². The molecule has 6 aromatic rings. The molecule has 4 N–H and O–H groups in total. The predicted octanol–water partition coefficient (Wildman–Crippen LogP) is 8.73. The molecule has 248 valence electrons. The van der Waals surface area contributed by atoms with Gasteiger partial charge in [-0.3, -0.25) is 9.59 Å². The van der Waals surface area contributed by atoms with E-state index >= 15 is 0 Å². The van der Waals surface area contributed by atoms with Crippen LogP contribution in [0.4, 0.5) is 11.4 Å². The van der Waals surface area contributed by atoms with Gasteiger partial charge >= 0.3 is 0 Å². The Kier molecular flexibility index (Phi) is 9.98. The maximum atomic E-state index is 13.1. The molecule has 0 aliphatic carbocycles. The van der Waals surface area contributed by atoms with Crippen molar-refractivity contribution >= 4 is 23.2 Å². The number of nitrogens with one attached hydrogen (secondary N) is 2. The lowest BCUT2D eigenvalue weighted by molar-refractivity contribution is 0.101. The third-order valence-corrected chi connectivity index (χ3v) is 8.48. The van der Waals surface area contributed by atoms with Crippen molar-refractivity contribution in [1.82, 2.24) is 0 Å². The van der Waals surface area contributed by atoms with Gasteiger partial charge < -0.3 is 20.8 Å². The standard InChI is InChI=1S/C45H34N2O4/c1-45(2,37-19-23-39(24-20-37)46-43(50)35-17-27-41(48)33(29-35)15-13-31-9-5-3-6-10-31)38-21-25-40(26-22-38)47-44(51)36-18-28-42(49)34(30-36)16-14-32-11-7-4-8-12-32/h3-12,17-30,48-49H,1-2H3,(H,46,50)(H,47,51). The number of hydrogen-bond donors (Lipinski definition) is 4. The molecule has 6 rings (SSSR count). The number of amides is 2. The quantitative estimate of drug-likeness (QED) is 0.134. The van der Waals surface area contributed by atoms with Crippen molar-refractivity contribution in [3.05, 3.63) is 190 Å². The molecule has 0 aromatic heterocycles. The van der Waals surface area contributed by atoms with Gasteiger partial charge in [0.05, 0.1) is 11.1 Å². The largest absolute Gasteiger partial charge is 0.507 e. The smallest absolute Gasteiger partial charge is 0.255 e. The molecule has 0 radical (unpaired) electrons. The molecule has 0 saturated carbocycles. The lowest BCUT2D eigenvalue weighted by Crippen LogP contribution is -2.19. The van der Waals surface area contributed by atoms with Crippen molar-refractivity contribution in [3.8, 4) is 35.2 Å². The van der Waals surface area contributed by atoms with Crippen LogP contribution in [0.3, 0.4) is 0 Å². The number of carbonyl (C=O) groups is 2. The number of hydrogen-bond acceptors (Lipinski definition) is 4. The minimum atomic E-state index is -0.377. The van der Waals surface area contributed by atoms with E-state index in [2.05, 4.69) is 48.2 Å². The number of aromatic hydroxyl groups is 2. The zero-order valence-electron chi connectivity index (χ0n) is 28.1. The third-order valence-electron chi connectivity index (χ3n) is 8.48. The second kappa shape index (κ2) is 15.0. The highest BCUT2D eigenvalue weighted by molar-refractivity contribution is 6.05. The van der Waals surface area contributed by atoms with E-state index in [1.807, 2.05) is 109 Å². The summed E-state index contributed by atoms with van der Waals surface area (Å²) in [4.78, 5) is 26.2. The Morgan fingerprint density at radius 2 is 0.863 bits per heavy atom. The van der Waals surface area contributed by atoms with Crippen LogP contribution in [0.1, 0.15) is 67.9 Å². The van der Waals surface area contributed by atoms with E-state index < -0.39 is 0 Å². The fraction of sp³-hybridized carbons (Fsp3) is 0.0667. The van der Waals surface area contributed by atoms with Gasteiger partial charge in [-0.1, -0.05) is 98.2 Å². The van der Waals surface area contributed by atoms with Crippen molar-refractivity contribution in [2.75, 3.05) is 10.6 Å². The van der Waals surface area contributed by atoms with Crippen LogP contribution in [-0.4, -0.2) is 22.0 Å². The van der Waals surface area contributed by atoms with Crippen LogP contribution in [-0.2, 0) is 5.41 Å². The van der Waals surface area contributed by atoms with E-state index in [4.69, 9.17) is 0 Å². The highest BCUT2D eigenvalue weighted by Gasteiger charge is 2.23. The monoisotopic (exact) mass is 666 g/mol. The molecule has 0 heterocycles. The SMILES string of the molecule is CC(C)(c1ccc(NC(=O)c2ccc(O)c(C#Cc3ccccc3)c2)cc1)c1ccc(NC(=O)c2ccc(O)c(C#Cc3ccccc3)c2)cc1. The van der Waals surface area contributed by atoms with Crippen molar-refractivity contribution < 1.29 is 19.8 Å². The predicted molar refractivity (Wildman–Crippen MR) is 202 cm³/mol. The summed E-state index contributed by atoms with van der Waals surface area (Å²) in [6.45, 7) is 4.22. The third kappa shape index (κ3) is 8.35. The summed E-state index contributed by atoms with van der Waals surface area (Å²) >= 11 is 0. The van der Waals surface area contributed by atoms with Crippen molar-refractivity contribution in [2.24, 2.45) is 0 Å². The molecule has 2 amide bonds. The number of benzene rings is 6. The van der Waals surface area contributed by atoms with Crippen LogP contribution in [0, 0.1) is 23.7 Å². The lowest BCUT2D eigenvalue weighted by atomic mass is 9.78. The Morgan fingerprint density at radius 3 is 1.24 bits per heavy atom. The highest BCUT2D eigenvalue weighted by Crippen LogP contribution is 2.33. The normalized spacial score (nSPS) is 10.5. The van der Waals surface area contributed by atoms with Gasteiger partial charge in [-0.05, 0) is 96.1 Å². The van der Waals surface area contributed by atoms with Gasteiger partial charge in [-0.2, -0.15) is 0 Å². The Hall–Kier alpha value is -7.02. The minimum absolute atomic E-state index is 0.00776. The first-order valence-corrected chi connectivity index (χ1v) is 16.3. The Bertz CT molecular complexity index is 2160. The summed E-state index contributed by atoms with van der Waals surface area (Å²) < 4.78 is 0. The van der Waals surface area contributed by atoms with Gasteiger partial charge in [0.1, 0.15) is 11.5 Å². The average molecular weight is 667 g/mol. The van der Waals surface area contributed by atoms with Gasteiger partial charge in [0.15, 0.2) is 0 Å². The molecule has 0 atom stereocenters. The van der Waals surface area contributed by atoms with E-state index in [-0.39, 0.29) is 28.7 Å². The summed E-state index contributed by atoms with van der Waals surface area (Å²) in [5.41, 5.74) is 6.07. The summed E-state index contributed by atoms with van der Waals surface area (Å²) in [5.74, 6) is 11.3. The molecule has 0 bridgehead atoms. The number of phenols is 2. The zero-order valence-corrected chi connectivity index (χ0v) is 28.1. The summed E-state index contributed by atoms with van der Waals surface area (Å²) in [5, 5.41) is 26.4. The van der Waals surface area contributed by atoms with Crippen molar-refractivity contribution in [2.45, 2.75) is 19.3 Å². The van der Waals surface area contributed by atoms with Gasteiger partial charge in [0, 0.05) is 39.0 Å². The average Bonchev–Trinajstić information content (AvgIpc) is 3.15. The maximum Gasteiger partial charge on any atom is 0.255 e. The van der Waals surface area contributed by atoms with E-state index in [0.29, 0.717) is 33.6 Å². The van der Waals surface area contributed by atoms with Crippen LogP contribution in [0.2, 0.25) is 0 Å². The zero-order chi connectivity index (χ0) is 35.8. The minimum Gasteiger partial charge on any atom is -0.507 e. The number of rotatable bonds is 6. The first-order valence-electron chi connectivity index (χ1n) is 16.3. The highest BCUT2D eigenvalue weighted by atomic mass is 16.3. The summed E-state index contributed by atoms with van der Waals surface area (Å²) in [6, 6.07) is 43.4. The fourth-order valence-corrected chi connectivity index (χ4v) is 5.39. The van der Waals surface area contributed by atoms with Crippen LogP contribution in [0.5, 0.6) is 11.5 Å². The maximum absolute atomic E-state index is 13.1. The molecule has 6 aromatic carbocycles. The second-order valence-electron chi connectivity index (χ2n) is 12.4. The van der Waals surface area contributed by atoms with E-state index in [0.717, 1.165) is 22.3 Å². The molecular formula is C45H34N2O4.